The first-order valence-electron chi connectivity index (χ1n) is 5.86. The van der Waals surface area contributed by atoms with Gasteiger partial charge in [0, 0.05) is 6.08 Å². The van der Waals surface area contributed by atoms with E-state index >= 15 is 0 Å². The zero-order valence-corrected chi connectivity index (χ0v) is 10.6. The van der Waals surface area contributed by atoms with Crippen LogP contribution in [0.3, 0.4) is 0 Å². The van der Waals surface area contributed by atoms with E-state index in [0.29, 0.717) is 18.1 Å². The lowest BCUT2D eigenvalue weighted by Crippen LogP contribution is -2.04. The fourth-order valence-electron chi connectivity index (χ4n) is 1.25. The molecule has 4 heteroatoms. The van der Waals surface area contributed by atoms with Crippen LogP contribution in [0, 0.1) is 5.92 Å². The number of aromatic hydroxyl groups is 2. The maximum Gasteiger partial charge on any atom is 0.330 e. The standard InChI is InChI=1S/C14H18O4/c1-10(2)7-8-18-14(17)6-4-11-3-5-12(15)13(16)9-11/h3-6,9-10,15-16H,7-8H2,1-2H3. The number of phenols is 2. The molecule has 0 unspecified atom stereocenters. The molecule has 0 aliphatic heterocycles. The van der Waals surface area contributed by atoms with E-state index in [-0.39, 0.29) is 11.5 Å². The summed E-state index contributed by atoms with van der Waals surface area (Å²) in [6.45, 7) is 4.52. The molecule has 0 heterocycles. The van der Waals surface area contributed by atoms with Crippen LogP contribution in [-0.2, 0) is 9.53 Å². The molecule has 18 heavy (non-hydrogen) atoms. The second kappa shape index (κ2) is 6.69. The molecule has 0 spiro atoms. The molecule has 0 saturated carbocycles. The van der Waals surface area contributed by atoms with Crippen LogP contribution in [0.5, 0.6) is 11.5 Å². The van der Waals surface area contributed by atoms with Gasteiger partial charge in [0.25, 0.3) is 0 Å². The van der Waals surface area contributed by atoms with Crippen molar-refractivity contribution in [3.8, 4) is 11.5 Å². The quantitative estimate of drug-likeness (QED) is 0.479. The highest BCUT2D eigenvalue weighted by atomic mass is 16.5. The van der Waals surface area contributed by atoms with Crippen molar-refractivity contribution < 1.29 is 19.7 Å². The van der Waals surface area contributed by atoms with Gasteiger partial charge in [0.15, 0.2) is 11.5 Å². The SMILES string of the molecule is CC(C)CCOC(=O)C=Cc1ccc(O)c(O)c1. The number of carbonyl (C=O) groups is 1. The Bertz CT molecular complexity index is 435. The summed E-state index contributed by atoms with van der Waals surface area (Å²) in [5.74, 6) is -0.323. The van der Waals surface area contributed by atoms with Gasteiger partial charge >= 0.3 is 5.97 Å². The third-order valence-corrected chi connectivity index (χ3v) is 2.35. The number of rotatable bonds is 5. The molecular formula is C14H18O4. The molecule has 0 saturated heterocycles. The van der Waals surface area contributed by atoms with E-state index in [2.05, 4.69) is 13.8 Å². The summed E-state index contributed by atoms with van der Waals surface area (Å²) in [7, 11) is 0. The van der Waals surface area contributed by atoms with Crippen LogP contribution in [0.25, 0.3) is 6.08 Å². The molecule has 1 rings (SSSR count). The predicted molar refractivity (Wildman–Crippen MR) is 69.2 cm³/mol. The summed E-state index contributed by atoms with van der Waals surface area (Å²) in [4.78, 5) is 11.3. The molecule has 0 aromatic heterocycles. The van der Waals surface area contributed by atoms with Gasteiger partial charge in [-0.1, -0.05) is 19.9 Å². The summed E-state index contributed by atoms with van der Waals surface area (Å²) in [5, 5.41) is 18.4. The number of esters is 1. The number of carbonyl (C=O) groups excluding carboxylic acids is 1. The minimum atomic E-state index is -0.414. The molecule has 0 radical (unpaired) electrons. The number of hydrogen-bond acceptors (Lipinski definition) is 4. The minimum absolute atomic E-state index is 0.188. The van der Waals surface area contributed by atoms with Crippen molar-refractivity contribution >= 4 is 12.0 Å². The van der Waals surface area contributed by atoms with Gasteiger partial charge in [-0.15, -0.1) is 0 Å². The van der Waals surface area contributed by atoms with Crippen LogP contribution in [0.2, 0.25) is 0 Å². The maximum atomic E-state index is 11.3. The van der Waals surface area contributed by atoms with Crippen LogP contribution in [0.1, 0.15) is 25.8 Å². The molecule has 0 aliphatic carbocycles. The van der Waals surface area contributed by atoms with Crippen molar-refractivity contribution in [1.82, 2.24) is 0 Å². The van der Waals surface area contributed by atoms with Crippen molar-refractivity contribution in [2.45, 2.75) is 20.3 Å². The fourth-order valence-corrected chi connectivity index (χ4v) is 1.25. The van der Waals surface area contributed by atoms with Gasteiger partial charge in [0.1, 0.15) is 0 Å². The van der Waals surface area contributed by atoms with Crippen molar-refractivity contribution in [1.29, 1.82) is 0 Å². The lowest BCUT2D eigenvalue weighted by atomic mass is 10.1. The maximum absolute atomic E-state index is 11.3. The monoisotopic (exact) mass is 250 g/mol. The Hall–Kier alpha value is -1.97. The van der Waals surface area contributed by atoms with E-state index in [9.17, 15) is 9.90 Å². The van der Waals surface area contributed by atoms with E-state index in [0.717, 1.165) is 6.42 Å². The average molecular weight is 250 g/mol. The molecule has 0 amide bonds. The zero-order valence-electron chi connectivity index (χ0n) is 10.6. The highest BCUT2D eigenvalue weighted by Gasteiger charge is 2.01. The molecule has 0 bridgehead atoms. The summed E-state index contributed by atoms with van der Waals surface area (Å²) < 4.78 is 4.99. The van der Waals surface area contributed by atoms with E-state index in [4.69, 9.17) is 9.84 Å². The predicted octanol–water partition coefficient (Wildman–Crippen LogP) is 2.70. The van der Waals surface area contributed by atoms with Crippen molar-refractivity contribution in [3.05, 3.63) is 29.8 Å². The highest BCUT2D eigenvalue weighted by molar-refractivity contribution is 5.87. The second-order valence-electron chi connectivity index (χ2n) is 4.43. The Kier molecular flexibility index (Phi) is 5.24. The van der Waals surface area contributed by atoms with Gasteiger partial charge in [0.05, 0.1) is 6.61 Å². The van der Waals surface area contributed by atoms with Crippen molar-refractivity contribution in [2.75, 3.05) is 6.61 Å². The Balaban J connectivity index is 2.48. The smallest absolute Gasteiger partial charge is 0.330 e. The third kappa shape index (κ3) is 4.91. The molecule has 0 aliphatic rings. The van der Waals surface area contributed by atoms with Gasteiger partial charge < -0.3 is 14.9 Å². The van der Waals surface area contributed by atoms with Crippen LogP contribution < -0.4 is 0 Å². The molecule has 1 aromatic rings. The van der Waals surface area contributed by atoms with Gasteiger partial charge in [0.2, 0.25) is 0 Å². The number of ether oxygens (including phenoxy) is 1. The molecule has 0 fully saturated rings. The normalized spacial score (nSPS) is 11.1. The van der Waals surface area contributed by atoms with E-state index < -0.39 is 5.97 Å². The van der Waals surface area contributed by atoms with Gasteiger partial charge in [-0.25, -0.2) is 4.79 Å². The molecule has 1 aromatic carbocycles. The van der Waals surface area contributed by atoms with Crippen LogP contribution >= 0.6 is 0 Å². The van der Waals surface area contributed by atoms with E-state index in [1.54, 1.807) is 6.07 Å². The van der Waals surface area contributed by atoms with Crippen LogP contribution in [-0.4, -0.2) is 22.8 Å². The minimum Gasteiger partial charge on any atom is -0.504 e. The Morgan fingerprint density at radius 2 is 2.06 bits per heavy atom. The molecule has 2 N–H and O–H groups in total. The largest absolute Gasteiger partial charge is 0.504 e. The summed E-state index contributed by atoms with van der Waals surface area (Å²) in [6, 6.07) is 4.32. The van der Waals surface area contributed by atoms with E-state index in [1.165, 1.54) is 24.3 Å². The Labute approximate surface area is 107 Å². The highest BCUT2D eigenvalue weighted by Crippen LogP contribution is 2.25. The molecular weight excluding hydrogens is 232 g/mol. The molecule has 4 nitrogen and oxygen atoms in total. The van der Waals surface area contributed by atoms with Gasteiger partial charge in [-0.2, -0.15) is 0 Å². The van der Waals surface area contributed by atoms with Gasteiger partial charge in [-0.3, -0.25) is 0 Å². The zero-order chi connectivity index (χ0) is 13.5. The van der Waals surface area contributed by atoms with E-state index in [1.807, 2.05) is 0 Å². The first kappa shape index (κ1) is 14.1. The van der Waals surface area contributed by atoms with Crippen molar-refractivity contribution in [2.24, 2.45) is 5.92 Å². The summed E-state index contributed by atoms with van der Waals surface area (Å²) in [6.07, 6.45) is 3.66. The van der Waals surface area contributed by atoms with Crippen molar-refractivity contribution in [3.63, 3.8) is 0 Å². The lowest BCUT2D eigenvalue weighted by molar-refractivity contribution is -0.137. The third-order valence-electron chi connectivity index (χ3n) is 2.35. The first-order valence-corrected chi connectivity index (χ1v) is 5.86. The average Bonchev–Trinajstić information content (AvgIpc) is 2.30. The first-order chi connectivity index (χ1) is 8.49. The van der Waals surface area contributed by atoms with Crippen LogP contribution in [0.4, 0.5) is 0 Å². The van der Waals surface area contributed by atoms with Gasteiger partial charge in [-0.05, 0) is 36.1 Å². The Morgan fingerprint density at radius 3 is 2.67 bits per heavy atom. The number of phenolic OH excluding ortho intramolecular Hbond substituents is 2. The van der Waals surface area contributed by atoms with Crippen LogP contribution in [0.15, 0.2) is 24.3 Å². The molecule has 0 atom stereocenters. The fraction of sp³-hybridized carbons (Fsp3) is 0.357. The number of benzene rings is 1. The second-order valence-corrected chi connectivity index (χ2v) is 4.43. The molecule has 98 valence electrons. The Morgan fingerprint density at radius 1 is 1.33 bits per heavy atom. The lowest BCUT2D eigenvalue weighted by Gasteiger charge is -2.04. The topological polar surface area (TPSA) is 66.8 Å². The number of hydrogen-bond donors (Lipinski definition) is 2. The summed E-state index contributed by atoms with van der Waals surface area (Å²) >= 11 is 0. The summed E-state index contributed by atoms with van der Waals surface area (Å²) in [5.41, 5.74) is 0.617.